The highest BCUT2D eigenvalue weighted by atomic mass is 16.5. The average Bonchev–Trinajstić information content (AvgIpc) is 2.74. The molecule has 4 N–H and O–H groups in total. The molecule has 1 aliphatic rings. The minimum absolute atomic E-state index is 0.0191. The van der Waals surface area contributed by atoms with E-state index in [1.54, 1.807) is 48.5 Å². The van der Waals surface area contributed by atoms with E-state index in [-0.39, 0.29) is 17.4 Å². The molecule has 158 valence electrons. The van der Waals surface area contributed by atoms with Gasteiger partial charge in [-0.05, 0) is 50.2 Å². The standard InChI is InChI=1S/C22H27N5O3/c1-15(2)26-11-13-27(14-12-26)20(28)16-7-9-17(10-8-16)30-21(29)18-5-3-4-6-19(18)25-22(23)24/h3-10,15H,11-14H2,1-2H3,(H4,23,24,25). The molecule has 1 amide bonds. The van der Waals surface area contributed by atoms with Gasteiger partial charge in [-0.25, -0.2) is 9.79 Å². The first kappa shape index (κ1) is 21.3. The molecular weight excluding hydrogens is 382 g/mol. The molecule has 0 bridgehead atoms. The topological polar surface area (TPSA) is 114 Å². The van der Waals surface area contributed by atoms with E-state index in [1.165, 1.54) is 0 Å². The second kappa shape index (κ2) is 9.41. The molecule has 1 heterocycles. The number of para-hydroxylation sites is 1. The third kappa shape index (κ3) is 5.15. The summed E-state index contributed by atoms with van der Waals surface area (Å²) in [5.74, 6) is -0.415. The number of rotatable bonds is 5. The Labute approximate surface area is 176 Å². The van der Waals surface area contributed by atoms with E-state index in [2.05, 4.69) is 23.7 Å². The first-order chi connectivity index (χ1) is 14.3. The van der Waals surface area contributed by atoms with Crippen LogP contribution in [0.15, 0.2) is 53.5 Å². The van der Waals surface area contributed by atoms with Crippen LogP contribution in [0.4, 0.5) is 5.69 Å². The lowest BCUT2D eigenvalue weighted by Gasteiger charge is -2.37. The van der Waals surface area contributed by atoms with Crippen LogP contribution in [0.1, 0.15) is 34.6 Å². The average molecular weight is 409 g/mol. The molecule has 2 aromatic carbocycles. The summed E-state index contributed by atoms with van der Waals surface area (Å²) in [7, 11) is 0. The molecule has 8 heteroatoms. The zero-order chi connectivity index (χ0) is 21.7. The lowest BCUT2D eigenvalue weighted by atomic mass is 10.1. The SMILES string of the molecule is CC(C)N1CCN(C(=O)c2ccc(OC(=O)c3ccccc3N=C(N)N)cc2)CC1. The zero-order valence-electron chi connectivity index (χ0n) is 17.2. The van der Waals surface area contributed by atoms with Gasteiger partial charge in [0.15, 0.2) is 5.96 Å². The lowest BCUT2D eigenvalue weighted by Crippen LogP contribution is -2.50. The Bertz CT molecular complexity index is 928. The van der Waals surface area contributed by atoms with Crippen molar-refractivity contribution in [2.24, 2.45) is 16.5 Å². The molecule has 0 aromatic heterocycles. The van der Waals surface area contributed by atoms with Gasteiger partial charge in [0.25, 0.3) is 5.91 Å². The van der Waals surface area contributed by atoms with Crippen molar-refractivity contribution in [3.05, 3.63) is 59.7 Å². The number of ether oxygens (including phenoxy) is 1. The number of nitrogens with two attached hydrogens (primary N) is 2. The second-order valence-corrected chi connectivity index (χ2v) is 7.39. The lowest BCUT2D eigenvalue weighted by molar-refractivity contribution is 0.0595. The van der Waals surface area contributed by atoms with Crippen molar-refractivity contribution >= 4 is 23.5 Å². The van der Waals surface area contributed by atoms with Gasteiger partial charge in [-0.15, -0.1) is 0 Å². The fourth-order valence-corrected chi connectivity index (χ4v) is 3.33. The Kier molecular flexibility index (Phi) is 6.68. The Morgan fingerprint density at radius 1 is 0.967 bits per heavy atom. The third-order valence-electron chi connectivity index (χ3n) is 5.02. The van der Waals surface area contributed by atoms with Gasteiger partial charge in [-0.2, -0.15) is 0 Å². The van der Waals surface area contributed by atoms with Crippen molar-refractivity contribution in [1.82, 2.24) is 9.80 Å². The minimum Gasteiger partial charge on any atom is -0.423 e. The Hall–Kier alpha value is -3.39. The number of piperazine rings is 1. The van der Waals surface area contributed by atoms with Crippen LogP contribution >= 0.6 is 0 Å². The highest BCUT2D eigenvalue weighted by molar-refractivity contribution is 5.98. The summed E-state index contributed by atoms with van der Waals surface area (Å²) < 4.78 is 5.42. The number of carbonyl (C=O) groups is 2. The van der Waals surface area contributed by atoms with E-state index in [4.69, 9.17) is 16.2 Å². The summed E-state index contributed by atoms with van der Waals surface area (Å²) in [5, 5.41) is 0. The van der Waals surface area contributed by atoms with Gasteiger partial charge >= 0.3 is 5.97 Å². The largest absolute Gasteiger partial charge is 0.423 e. The van der Waals surface area contributed by atoms with Crippen LogP contribution in [0.25, 0.3) is 0 Å². The summed E-state index contributed by atoms with van der Waals surface area (Å²) in [6.45, 7) is 7.47. The maximum atomic E-state index is 12.7. The molecule has 1 saturated heterocycles. The van der Waals surface area contributed by atoms with Crippen LogP contribution in [0, 0.1) is 0 Å². The second-order valence-electron chi connectivity index (χ2n) is 7.39. The highest BCUT2D eigenvalue weighted by Crippen LogP contribution is 2.22. The molecule has 3 rings (SSSR count). The van der Waals surface area contributed by atoms with Crippen molar-refractivity contribution in [3.8, 4) is 5.75 Å². The number of benzene rings is 2. The molecule has 0 atom stereocenters. The molecule has 0 aliphatic carbocycles. The van der Waals surface area contributed by atoms with Gasteiger partial charge in [0.1, 0.15) is 5.75 Å². The van der Waals surface area contributed by atoms with Crippen LogP contribution in [0.2, 0.25) is 0 Å². The summed E-state index contributed by atoms with van der Waals surface area (Å²) in [6, 6.07) is 13.7. The number of nitrogens with zero attached hydrogens (tertiary/aromatic N) is 3. The number of hydrogen-bond acceptors (Lipinski definition) is 5. The summed E-state index contributed by atoms with van der Waals surface area (Å²) >= 11 is 0. The van der Waals surface area contributed by atoms with Gasteiger partial charge < -0.3 is 21.1 Å². The van der Waals surface area contributed by atoms with Crippen LogP contribution < -0.4 is 16.2 Å². The van der Waals surface area contributed by atoms with E-state index in [9.17, 15) is 9.59 Å². The summed E-state index contributed by atoms with van der Waals surface area (Å²) in [4.78, 5) is 33.4. The maximum Gasteiger partial charge on any atom is 0.345 e. The van der Waals surface area contributed by atoms with Gasteiger partial charge in [0.05, 0.1) is 11.3 Å². The fraction of sp³-hybridized carbons (Fsp3) is 0.318. The van der Waals surface area contributed by atoms with Gasteiger partial charge in [-0.3, -0.25) is 9.69 Å². The third-order valence-corrected chi connectivity index (χ3v) is 5.02. The monoisotopic (exact) mass is 409 g/mol. The number of aliphatic imine (C=N–C) groups is 1. The van der Waals surface area contributed by atoms with Crippen LogP contribution in [-0.4, -0.2) is 59.9 Å². The van der Waals surface area contributed by atoms with Crippen LogP contribution in [0.5, 0.6) is 5.75 Å². The number of carbonyl (C=O) groups excluding carboxylic acids is 2. The van der Waals surface area contributed by atoms with Crippen molar-refractivity contribution < 1.29 is 14.3 Å². The Balaban J connectivity index is 1.65. The zero-order valence-corrected chi connectivity index (χ0v) is 17.2. The van der Waals surface area contributed by atoms with Crippen molar-refractivity contribution in [2.45, 2.75) is 19.9 Å². The van der Waals surface area contributed by atoms with Gasteiger partial charge in [0, 0.05) is 37.8 Å². The van der Waals surface area contributed by atoms with E-state index in [1.807, 2.05) is 4.90 Å². The van der Waals surface area contributed by atoms with Gasteiger partial charge in [-0.1, -0.05) is 12.1 Å². The van der Waals surface area contributed by atoms with E-state index >= 15 is 0 Å². The van der Waals surface area contributed by atoms with Gasteiger partial charge in [0.2, 0.25) is 0 Å². The molecule has 0 unspecified atom stereocenters. The first-order valence-corrected chi connectivity index (χ1v) is 9.89. The minimum atomic E-state index is -0.584. The molecule has 30 heavy (non-hydrogen) atoms. The van der Waals surface area contributed by atoms with Crippen molar-refractivity contribution in [1.29, 1.82) is 0 Å². The number of hydrogen-bond donors (Lipinski definition) is 2. The van der Waals surface area contributed by atoms with Crippen LogP contribution in [-0.2, 0) is 0 Å². The maximum absolute atomic E-state index is 12.7. The van der Waals surface area contributed by atoms with E-state index in [0.29, 0.717) is 36.1 Å². The smallest absolute Gasteiger partial charge is 0.345 e. The molecule has 2 aromatic rings. The Morgan fingerprint density at radius 2 is 1.60 bits per heavy atom. The predicted molar refractivity (Wildman–Crippen MR) is 116 cm³/mol. The molecular formula is C22H27N5O3. The van der Waals surface area contributed by atoms with E-state index in [0.717, 1.165) is 13.1 Å². The van der Waals surface area contributed by atoms with Crippen LogP contribution in [0.3, 0.4) is 0 Å². The first-order valence-electron chi connectivity index (χ1n) is 9.89. The molecule has 0 radical (unpaired) electrons. The highest BCUT2D eigenvalue weighted by Gasteiger charge is 2.23. The number of amides is 1. The normalized spacial score (nSPS) is 14.4. The summed E-state index contributed by atoms with van der Waals surface area (Å²) in [5.41, 5.74) is 12.0. The predicted octanol–water partition coefficient (Wildman–Crippen LogP) is 1.98. The van der Waals surface area contributed by atoms with Crippen molar-refractivity contribution in [2.75, 3.05) is 26.2 Å². The molecule has 1 aliphatic heterocycles. The van der Waals surface area contributed by atoms with Crippen molar-refractivity contribution in [3.63, 3.8) is 0 Å². The summed E-state index contributed by atoms with van der Waals surface area (Å²) in [6.07, 6.45) is 0. The number of guanidine groups is 1. The quantitative estimate of drug-likeness (QED) is 0.338. The molecule has 8 nitrogen and oxygen atoms in total. The molecule has 1 fully saturated rings. The molecule has 0 spiro atoms. The fourth-order valence-electron chi connectivity index (χ4n) is 3.33. The molecule has 0 saturated carbocycles. The van der Waals surface area contributed by atoms with E-state index < -0.39 is 5.97 Å². The number of esters is 1. The Morgan fingerprint density at radius 3 is 2.20 bits per heavy atom.